The topological polar surface area (TPSA) is 66.9 Å². The maximum absolute atomic E-state index is 12.1. The highest BCUT2D eigenvalue weighted by atomic mass is 16.1. The Bertz CT molecular complexity index is 593. The number of hydrogen-bond donors (Lipinski definition) is 2. The number of aromatic nitrogens is 2. The average molecular weight is 270 g/mol. The summed E-state index contributed by atoms with van der Waals surface area (Å²) in [6, 6.07) is 11.3. The molecule has 2 aromatic rings. The Balaban J connectivity index is 2.08. The van der Waals surface area contributed by atoms with Crippen molar-refractivity contribution >= 4 is 17.4 Å². The van der Waals surface area contributed by atoms with Gasteiger partial charge in [-0.3, -0.25) is 4.79 Å². The second-order valence-corrected chi connectivity index (χ2v) is 4.87. The predicted molar refractivity (Wildman–Crippen MR) is 79.9 cm³/mol. The van der Waals surface area contributed by atoms with E-state index in [1.165, 1.54) is 0 Å². The second kappa shape index (κ2) is 6.14. The van der Waals surface area contributed by atoms with Gasteiger partial charge in [0.15, 0.2) is 5.69 Å². The lowest BCUT2D eigenvalue weighted by atomic mass is 10.2. The molecule has 1 aromatic heterocycles. The van der Waals surface area contributed by atoms with Gasteiger partial charge >= 0.3 is 0 Å². The van der Waals surface area contributed by atoms with E-state index in [1.54, 1.807) is 12.1 Å². The van der Waals surface area contributed by atoms with Crippen LogP contribution < -0.4 is 10.6 Å². The van der Waals surface area contributed by atoms with E-state index < -0.39 is 0 Å². The summed E-state index contributed by atoms with van der Waals surface area (Å²) in [5, 5.41) is 13.9. The minimum absolute atomic E-state index is 0.261. The Hall–Kier alpha value is -2.43. The average Bonchev–Trinajstić information content (AvgIpc) is 2.41. The fourth-order valence-electron chi connectivity index (χ4n) is 1.73. The molecule has 0 fully saturated rings. The van der Waals surface area contributed by atoms with Gasteiger partial charge in [-0.05, 0) is 44.5 Å². The minimum Gasteiger partial charge on any atom is -0.366 e. The molecule has 2 N–H and O–H groups in total. The largest absolute Gasteiger partial charge is 0.366 e. The van der Waals surface area contributed by atoms with E-state index in [0.29, 0.717) is 11.5 Å². The van der Waals surface area contributed by atoms with E-state index in [4.69, 9.17) is 0 Å². The monoisotopic (exact) mass is 270 g/mol. The number of para-hydroxylation sites is 1. The highest BCUT2D eigenvalue weighted by Crippen LogP contribution is 2.14. The van der Waals surface area contributed by atoms with Crippen LogP contribution in [0.1, 0.15) is 29.9 Å². The van der Waals surface area contributed by atoms with Gasteiger partial charge in [0.2, 0.25) is 0 Å². The van der Waals surface area contributed by atoms with Gasteiger partial charge in [0.05, 0.1) is 0 Å². The standard InChI is InChI=1S/C15H18N4O/c1-10(2)16-14-9-8-13(18-19-14)15(20)17-12-7-5-4-6-11(12)3/h4-10H,1-3H3,(H,16,19)(H,17,20). The van der Waals surface area contributed by atoms with Crippen LogP contribution >= 0.6 is 0 Å². The molecule has 2 rings (SSSR count). The third-order valence-corrected chi connectivity index (χ3v) is 2.73. The van der Waals surface area contributed by atoms with Crippen molar-refractivity contribution in [1.82, 2.24) is 10.2 Å². The van der Waals surface area contributed by atoms with E-state index in [-0.39, 0.29) is 11.9 Å². The molecule has 0 atom stereocenters. The number of carbonyl (C=O) groups excluding carboxylic acids is 1. The summed E-state index contributed by atoms with van der Waals surface area (Å²) in [7, 11) is 0. The van der Waals surface area contributed by atoms with Gasteiger partial charge in [-0.25, -0.2) is 0 Å². The SMILES string of the molecule is Cc1ccccc1NC(=O)c1ccc(NC(C)C)nn1. The zero-order chi connectivity index (χ0) is 14.5. The lowest BCUT2D eigenvalue weighted by Crippen LogP contribution is -2.16. The lowest BCUT2D eigenvalue weighted by Gasteiger charge is -2.09. The molecule has 0 saturated heterocycles. The van der Waals surface area contributed by atoms with Crippen LogP contribution in [0.15, 0.2) is 36.4 Å². The number of hydrogen-bond acceptors (Lipinski definition) is 4. The van der Waals surface area contributed by atoms with Gasteiger partial charge < -0.3 is 10.6 Å². The van der Waals surface area contributed by atoms with Crippen LogP contribution in [0.2, 0.25) is 0 Å². The first-order valence-electron chi connectivity index (χ1n) is 6.53. The van der Waals surface area contributed by atoms with Crippen LogP contribution in [0, 0.1) is 6.92 Å². The van der Waals surface area contributed by atoms with Crippen molar-refractivity contribution in [2.24, 2.45) is 0 Å². The fourth-order valence-corrected chi connectivity index (χ4v) is 1.73. The molecule has 5 nitrogen and oxygen atoms in total. The molecule has 0 radical (unpaired) electrons. The van der Waals surface area contributed by atoms with E-state index in [0.717, 1.165) is 11.3 Å². The summed E-state index contributed by atoms with van der Waals surface area (Å²) >= 11 is 0. The van der Waals surface area contributed by atoms with Gasteiger partial charge in [-0.1, -0.05) is 18.2 Å². The molecule has 104 valence electrons. The van der Waals surface area contributed by atoms with Gasteiger partial charge in [-0.2, -0.15) is 0 Å². The summed E-state index contributed by atoms with van der Waals surface area (Å²) in [5.74, 6) is 0.398. The molecule has 0 aliphatic carbocycles. The molecule has 0 aliphatic rings. The van der Waals surface area contributed by atoms with E-state index in [9.17, 15) is 4.79 Å². The van der Waals surface area contributed by atoms with Crippen LogP contribution in [-0.4, -0.2) is 22.1 Å². The van der Waals surface area contributed by atoms with E-state index in [1.807, 2.05) is 45.0 Å². The van der Waals surface area contributed by atoms with Crippen LogP contribution in [0.4, 0.5) is 11.5 Å². The van der Waals surface area contributed by atoms with Crippen LogP contribution in [-0.2, 0) is 0 Å². The maximum Gasteiger partial charge on any atom is 0.276 e. The normalized spacial score (nSPS) is 10.4. The third kappa shape index (κ3) is 3.54. The van der Waals surface area contributed by atoms with Crippen molar-refractivity contribution in [2.45, 2.75) is 26.8 Å². The molecule has 1 amide bonds. The van der Waals surface area contributed by atoms with Crippen molar-refractivity contribution in [3.8, 4) is 0 Å². The van der Waals surface area contributed by atoms with Crippen molar-refractivity contribution < 1.29 is 4.79 Å². The van der Waals surface area contributed by atoms with E-state index in [2.05, 4.69) is 20.8 Å². The van der Waals surface area contributed by atoms with Crippen molar-refractivity contribution in [3.05, 3.63) is 47.7 Å². The third-order valence-electron chi connectivity index (χ3n) is 2.73. The number of anilines is 2. The molecule has 20 heavy (non-hydrogen) atoms. The van der Waals surface area contributed by atoms with Crippen LogP contribution in [0.25, 0.3) is 0 Å². The molecular weight excluding hydrogens is 252 g/mol. The molecular formula is C15H18N4O. The quantitative estimate of drug-likeness (QED) is 0.896. The molecule has 0 saturated carbocycles. The number of rotatable bonds is 4. The zero-order valence-electron chi connectivity index (χ0n) is 11.8. The number of carbonyl (C=O) groups is 1. The van der Waals surface area contributed by atoms with Crippen molar-refractivity contribution in [1.29, 1.82) is 0 Å². The Labute approximate surface area is 118 Å². The maximum atomic E-state index is 12.1. The first kappa shape index (κ1) is 14.0. The van der Waals surface area contributed by atoms with Gasteiger partial charge in [0.25, 0.3) is 5.91 Å². The highest BCUT2D eigenvalue weighted by Gasteiger charge is 2.09. The van der Waals surface area contributed by atoms with Gasteiger partial charge in [0, 0.05) is 11.7 Å². The summed E-state index contributed by atoms with van der Waals surface area (Å²) in [6.07, 6.45) is 0. The second-order valence-electron chi connectivity index (χ2n) is 4.87. The Morgan fingerprint density at radius 1 is 1.10 bits per heavy atom. The molecule has 0 spiro atoms. The van der Waals surface area contributed by atoms with Gasteiger partial charge in [-0.15, -0.1) is 10.2 Å². The summed E-state index contributed by atoms with van der Waals surface area (Å²) in [5.41, 5.74) is 2.08. The van der Waals surface area contributed by atoms with Crippen LogP contribution in [0.5, 0.6) is 0 Å². The van der Waals surface area contributed by atoms with Gasteiger partial charge in [0.1, 0.15) is 5.82 Å². The number of amides is 1. The van der Waals surface area contributed by atoms with E-state index >= 15 is 0 Å². The number of aryl methyl sites for hydroxylation is 1. The molecule has 0 unspecified atom stereocenters. The van der Waals surface area contributed by atoms with Crippen molar-refractivity contribution in [2.75, 3.05) is 10.6 Å². The lowest BCUT2D eigenvalue weighted by molar-refractivity contribution is 0.102. The Morgan fingerprint density at radius 2 is 1.85 bits per heavy atom. The molecule has 1 aromatic carbocycles. The minimum atomic E-state index is -0.261. The summed E-state index contributed by atoms with van der Waals surface area (Å²) < 4.78 is 0. The Kier molecular flexibility index (Phi) is 4.30. The smallest absolute Gasteiger partial charge is 0.276 e. The summed E-state index contributed by atoms with van der Waals surface area (Å²) in [6.45, 7) is 5.97. The summed E-state index contributed by atoms with van der Waals surface area (Å²) in [4.78, 5) is 12.1. The zero-order valence-corrected chi connectivity index (χ0v) is 11.8. The number of nitrogens with one attached hydrogen (secondary N) is 2. The number of benzene rings is 1. The predicted octanol–water partition coefficient (Wildman–Crippen LogP) is 2.86. The first-order chi connectivity index (χ1) is 9.56. The van der Waals surface area contributed by atoms with Crippen LogP contribution in [0.3, 0.4) is 0 Å². The number of nitrogens with zero attached hydrogens (tertiary/aromatic N) is 2. The molecule has 0 aliphatic heterocycles. The Morgan fingerprint density at radius 3 is 2.45 bits per heavy atom. The molecule has 0 bridgehead atoms. The first-order valence-corrected chi connectivity index (χ1v) is 6.53. The van der Waals surface area contributed by atoms with Crippen molar-refractivity contribution in [3.63, 3.8) is 0 Å². The molecule has 5 heteroatoms. The fraction of sp³-hybridized carbons (Fsp3) is 0.267. The molecule has 1 heterocycles. The highest BCUT2D eigenvalue weighted by molar-refractivity contribution is 6.03.